The molecule has 5 nitrogen and oxygen atoms in total. The van der Waals surface area contributed by atoms with Crippen LogP contribution < -0.4 is 0 Å². The van der Waals surface area contributed by atoms with E-state index in [0.29, 0.717) is 13.2 Å². The van der Waals surface area contributed by atoms with E-state index >= 15 is 0 Å². The van der Waals surface area contributed by atoms with Crippen LogP contribution in [0.15, 0.2) is 12.2 Å². The number of fused-ring (bicyclic) bond motifs is 1. The number of nitrogens with zero attached hydrogens (tertiary/aromatic N) is 1. The third-order valence-electron chi connectivity index (χ3n) is 3.41. The van der Waals surface area contributed by atoms with Crippen LogP contribution in [-0.2, 0) is 14.2 Å². The summed E-state index contributed by atoms with van der Waals surface area (Å²) in [5.41, 5.74) is -1.20. The van der Waals surface area contributed by atoms with E-state index in [9.17, 15) is 4.79 Å². The molecule has 5 heteroatoms. The van der Waals surface area contributed by atoms with Gasteiger partial charge in [-0.3, -0.25) is 4.90 Å². The second-order valence-electron chi connectivity index (χ2n) is 6.77. The Balaban J connectivity index is 2.21. The van der Waals surface area contributed by atoms with Gasteiger partial charge < -0.3 is 14.2 Å². The van der Waals surface area contributed by atoms with Crippen molar-refractivity contribution in [2.75, 3.05) is 13.2 Å². The van der Waals surface area contributed by atoms with Crippen molar-refractivity contribution in [1.29, 1.82) is 0 Å². The minimum atomic E-state index is -0.681. The van der Waals surface area contributed by atoms with Gasteiger partial charge in [0.25, 0.3) is 0 Å². The van der Waals surface area contributed by atoms with Crippen LogP contribution in [-0.4, -0.2) is 47.7 Å². The van der Waals surface area contributed by atoms with E-state index in [-0.39, 0.29) is 18.2 Å². The average molecular weight is 283 g/mol. The zero-order chi connectivity index (χ0) is 15.0. The third kappa shape index (κ3) is 3.33. The number of rotatable bonds is 0. The number of carbonyl (C=O) groups is 1. The number of carbonyl (C=O) groups excluding carboxylic acids is 1. The molecule has 1 fully saturated rings. The molecule has 1 saturated heterocycles. The topological polar surface area (TPSA) is 48.0 Å². The Morgan fingerprint density at radius 2 is 2.05 bits per heavy atom. The molecule has 2 aliphatic heterocycles. The number of ether oxygens (including phenoxy) is 3. The molecule has 0 aliphatic carbocycles. The van der Waals surface area contributed by atoms with Crippen molar-refractivity contribution in [2.24, 2.45) is 0 Å². The zero-order valence-corrected chi connectivity index (χ0v) is 13.0. The van der Waals surface area contributed by atoms with Crippen molar-refractivity contribution in [2.45, 2.75) is 64.5 Å². The highest BCUT2D eigenvalue weighted by Crippen LogP contribution is 2.36. The quantitative estimate of drug-likeness (QED) is 0.641. The van der Waals surface area contributed by atoms with Gasteiger partial charge in [0.15, 0.2) is 0 Å². The maximum atomic E-state index is 12.5. The molecule has 0 aromatic rings. The van der Waals surface area contributed by atoms with E-state index in [1.807, 2.05) is 46.8 Å². The summed E-state index contributed by atoms with van der Waals surface area (Å²) in [5.74, 6) is 0. The Morgan fingerprint density at radius 3 is 2.70 bits per heavy atom. The lowest BCUT2D eigenvalue weighted by Gasteiger charge is -2.35. The lowest BCUT2D eigenvalue weighted by Crippen LogP contribution is -2.50. The van der Waals surface area contributed by atoms with Gasteiger partial charge in [-0.2, -0.15) is 0 Å². The van der Waals surface area contributed by atoms with Gasteiger partial charge in [0.1, 0.15) is 17.4 Å². The predicted octanol–water partition coefficient (Wildman–Crippen LogP) is 2.70. The normalized spacial score (nSPS) is 31.1. The molecule has 2 unspecified atom stereocenters. The van der Waals surface area contributed by atoms with Gasteiger partial charge in [0.2, 0.25) is 0 Å². The summed E-state index contributed by atoms with van der Waals surface area (Å²) in [5, 5.41) is 0. The van der Waals surface area contributed by atoms with E-state index in [1.165, 1.54) is 0 Å². The highest BCUT2D eigenvalue weighted by molar-refractivity contribution is 5.70. The molecule has 0 aromatic carbocycles. The molecule has 0 N–H and O–H groups in total. The summed E-state index contributed by atoms with van der Waals surface area (Å²) in [6.45, 7) is 10.5. The monoisotopic (exact) mass is 283 g/mol. The number of amides is 1. The first-order valence-corrected chi connectivity index (χ1v) is 7.13. The molecule has 0 aromatic heterocycles. The Labute approximate surface area is 120 Å². The van der Waals surface area contributed by atoms with Crippen LogP contribution in [0.4, 0.5) is 4.79 Å². The molecule has 0 spiro atoms. The largest absolute Gasteiger partial charge is 0.444 e. The van der Waals surface area contributed by atoms with Gasteiger partial charge in [-0.05, 0) is 41.0 Å². The van der Waals surface area contributed by atoms with E-state index in [2.05, 4.69) is 0 Å². The lowest BCUT2D eigenvalue weighted by atomic mass is 10.1. The summed E-state index contributed by atoms with van der Waals surface area (Å²) in [4.78, 5) is 14.2. The predicted molar refractivity (Wildman–Crippen MR) is 75.4 cm³/mol. The maximum Gasteiger partial charge on any atom is 0.412 e. The molecule has 2 atom stereocenters. The molecule has 0 radical (unpaired) electrons. The molecule has 2 rings (SSSR count). The van der Waals surface area contributed by atoms with Crippen LogP contribution >= 0.6 is 0 Å². The van der Waals surface area contributed by atoms with Crippen LogP contribution in [0.1, 0.15) is 41.0 Å². The molecular weight excluding hydrogens is 258 g/mol. The van der Waals surface area contributed by atoms with Gasteiger partial charge in [0, 0.05) is 0 Å². The van der Waals surface area contributed by atoms with Crippen LogP contribution in [0, 0.1) is 0 Å². The van der Waals surface area contributed by atoms with Gasteiger partial charge in [-0.25, -0.2) is 4.79 Å². The third-order valence-corrected chi connectivity index (χ3v) is 3.41. The molecule has 2 aliphatic rings. The smallest absolute Gasteiger partial charge is 0.412 e. The van der Waals surface area contributed by atoms with Crippen LogP contribution in [0.2, 0.25) is 0 Å². The van der Waals surface area contributed by atoms with Crippen molar-refractivity contribution < 1.29 is 19.0 Å². The Morgan fingerprint density at radius 1 is 1.35 bits per heavy atom. The molecule has 20 heavy (non-hydrogen) atoms. The zero-order valence-electron chi connectivity index (χ0n) is 13.0. The average Bonchev–Trinajstić information content (AvgIpc) is 2.47. The summed E-state index contributed by atoms with van der Waals surface area (Å²) >= 11 is 0. The van der Waals surface area contributed by atoms with Crippen LogP contribution in [0.25, 0.3) is 0 Å². The van der Waals surface area contributed by atoms with E-state index in [0.717, 1.165) is 6.42 Å². The molecule has 1 amide bonds. The van der Waals surface area contributed by atoms with Gasteiger partial charge in [-0.15, -0.1) is 0 Å². The SMILES string of the molecule is CC(C)(C)OC(=O)N1C2C/C=C\COCC2OC1(C)C. The Kier molecular flexibility index (Phi) is 4.12. The van der Waals surface area contributed by atoms with Crippen LogP contribution in [0.3, 0.4) is 0 Å². The summed E-state index contributed by atoms with van der Waals surface area (Å²) in [6.07, 6.45) is 4.34. The lowest BCUT2D eigenvalue weighted by molar-refractivity contribution is -0.0911. The molecule has 0 bridgehead atoms. The number of hydrogen-bond donors (Lipinski definition) is 0. The Bertz CT molecular complexity index is 397. The first kappa shape index (κ1) is 15.3. The maximum absolute atomic E-state index is 12.5. The van der Waals surface area contributed by atoms with Crippen LogP contribution in [0.5, 0.6) is 0 Å². The summed E-state index contributed by atoms with van der Waals surface area (Å²) in [7, 11) is 0. The van der Waals surface area contributed by atoms with Crippen molar-refractivity contribution in [1.82, 2.24) is 4.90 Å². The molecule has 0 saturated carbocycles. The van der Waals surface area contributed by atoms with Gasteiger partial charge in [-0.1, -0.05) is 12.2 Å². The minimum Gasteiger partial charge on any atom is -0.444 e. The first-order chi connectivity index (χ1) is 9.21. The van der Waals surface area contributed by atoms with E-state index in [4.69, 9.17) is 14.2 Å². The van der Waals surface area contributed by atoms with Crippen molar-refractivity contribution in [3.05, 3.63) is 12.2 Å². The summed E-state index contributed by atoms with van der Waals surface area (Å²) in [6, 6.07) is -0.0450. The first-order valence-electron chi connectivity index (χ1n) is 7.13. The van der Waals surface area contributed by atoms with E-state index in [1.54, 1.807) is 4.90 Å². The molecular formula is C15H25NO4. The fourth-order valence-electron chi connectivity index (χ4n) is 2.70. The van der Waals surface area contributed by atoms with Gasteiger partial charge in [0.05, 0.1) is 19.3 Å². The van der Waals surface area contributed by atoms with Gasteiger partial charge >= 0.3 is 6.09 Å². The molecule has 2 heterocycles. The minimum absolute atomic E-state index is 0.0450. The number of hydrogen-bond acceptors (Lipinski definition) is 4. The Hall–Kier alpha value is -1.07. The highest BCUT2D eigenvalue weighted by Gasteiger charge is 2.50. The standard InChI is InChI=1S/C15H25NO4/c1-14(2,3)20-13(17)16-11-8-6-7-9-18-10-12(11)19-15(16,4)5/h6-7,11-12H,8-10H2,1-5H3/b7-6-. The van der Waals surface area contributed by atoms with Crippen molar-refractivity contribution in [3.8, 4) is 0 Å². The molecule has 114 valence electrons. The van der Waals surface area contributed by atoms with Crippen molar-refractivity contribution in [3.63, 3.8) is 0 Å². The second kappa shape index (κ2) is 5.37. The fraction of sp³-hybridized carbons (Fsp3) is 0.800. The van der Waals surface area contributed by atoms with Crippen molar-refractivity contribution >= 4 is 6.09 Å². The highest BCUT2D eigenvalue weighted by atomic mass is 16.6. The van der Waals surface area contributed by atoms with E-state index < -0.39 is 11.3 Å². The fourth-order valence-corrected chi connectivity index (χ4v) is 2.70. The second-order valence-corrected chi connectivity index (χ2v) is 6.77. The summed E-state index contributed by atoms with van der Waals surface area (Å²) < 4.78 is 17.0.